The van der Waals surface area contributed by atoms with Crippen LogP contribution in [-0.2, 0) is 0 Å². The molecule has 2 unspecified atom stereocenters. The maximum Gasteiger partial charge on any atom is 0.141 e. The third kappa shape index (κ3) is 2.31. The highest BCUT2D eigenvalue weighted by Gasteiger charge is 2.38. The molecule has 100 valence electrons. The summed E-state index contributed by atoms with van der Waals surface area (Å²) in [5.74, 6) is -0.448. The Morgan fingerprint density at radius 3 is 2.63 bits per heavy atom. The van der Waals surface area contributed by atoms with E-state index >= 15 is 0 Å². The molecule has 2 saturated heterocycles. The Kier molecular flexibility index (Phi) is 3.16. The summed E-state index contributed by atoms with van der Waals surface area (Å²) in [4.78, 5) is 2.49. The van der Waals surface area contributed by atoms with Crippen LogP contribution in [0.4, 0.5) is 10.1 Å². The number of halogens is 1. The molecule has 4 heteroatoms. The van der Waals surface area contributed by atoms with E-state index in [1.165, 1.54) is 18.9 Å². The number of benzene rings is 1. The summed E-state index contributed by atoms with van der Waals surface area (Å²) in [7, 11) is 2.21. The normalized spacial score (nSPS) is 30.1. The number of piperidine rings is 1. The first-order chi connectivity index (χ1) is 9.17. The van der Waals surface area contributed by atoms with Crippen LogP contribution < -0.4 is 5.32 Å². The van der Waals surface area contributed by atoms with Crippen LogP contribution in [0.3, 0.4) is 0 Å². The van der Waals surface area contributed by atoms with E-state index in [9.17, 15) is 4.39 Å². The number of anilines is 1. The standard InChI is InChI=1S/C15H18FN3/c1-19-13-3-4-14(19)8-12(7-13)18-11-2-5-15(16)10(6-11)9-17/h2,5-6,12-14,18H,3-4,7-8H2,1H3. The topological polar surface area (TPSA) is 39.1 Å². The molecular weight excluding hydrogens is 241 g/mol. The third-order valence-corrected chi connectivity index (χ3v) is 4.56. The minimum absolute atomic E-state index is 0.112. The largest absolute Gasteiger partial charge is 0.382 e. The van der Waals surface area contributed by atoms with Gasteiger partial charge in [-0.3, -0.25) is 0 Å². The van der Waals surface area contributed by atoms with Crippen LogP contribution in [0.1, 0.15) is 31.2 Å². The maximum atomic E-state index is 13.3. The minimum atomic E-state index is -0.448. The van der Waals surface area contributed by atoms with Crippen LogP contribution in [-0.4, -0.2) is 30.1 Å². The summed E-state index contributed by atoms with van der Waals surface area (Å²) in [6.07, 6.45) is 4.83. The lowest BCUT2D eigenvalue weighted by molar-refractivity contribution is 0.169. The molecule has 0 amide bonds. The van der Waals surface area contributed by atoms with Crippen molar-refractivity contribution < 1.29 is 4.39 Å². The van der Waals surface area contributed by atoms with Gasteiger partial charge in [-0.2, -0.15) is 5.26 Å². The Hall–Kier alpha value is -1.60. The van der Waals surface area contributed by atoms with E-state index < -0.39 is 5.82 Å². The predicted molar refractivity (Wildman–Crippen MR) is 72.3 cm³/mol. The van der Waals surface area contributed by atoms with Gasteiger partial charge in [-0.05, 0) is 50.9 Å². The summed E-state index contributed by atoms with van der Waals surface area (Å²) in [5.41, 5.74) is 0.966. The van der Waals surface area contributed by atoms with Crippen molar-refractivity contribution in [3.63, 3.8) is 0 Å². The van der Waals surface area contributed by atoms with Gasteiger partial charge in [0.2, 0.25) is 0 Å². The van der Waals surface area contributed by atoms with Gasteiger partial charge < -0.3 is 10.2 Å². The number of rotatable bonds is 2. The maximum absolute atomic E-state index is 13.3. The molecule has 2 aliphatic heterocycles. The van der Waals surface area contributed by atoms with E-state index in [2.05, 4.69) is 17.3 Å². The predicted octanol–water partition coefficient (Wildman–Crippen LogP) is 2.73. The summed E-state index contributed by atoms with van der Waals surface area (Å²) >= 11 is 0. The van der Waals surface area contributed by atoms with E-state index in [1.54, 1.807) is 12.1 Å². The zero-order chi connectivity index (χ0) is 13.4. The monoisotopic (exact) mass is 259 g/mol. The highest BCUT2D eigenvalue weighted by molar-refractivity contribution is 5.50. The molecule has 1 aromatic rings. The SMILES string of the molecule is CN1C2CCC1CC(Nc1ccc(F)c(C#N)c1)C2. The highest BCUT2D eigenvalue weighted by Crippen LogP contribution is 2.35. The zero-order valence-corrected chi connectivity index (χ0v) is 11.1. The summed E-state index contributed by atoms with van der Waals surface area (Å²) in [6, 6.07) is 8.36. The fourth-order valence-electron chi connectivity index (χ4n) is 3.47. The number of nitrogens with one attached hydrogen (secondary N) is 1. The summed E-state index contributed by atoms with van der Waals surface area (Å²) in [6.45, 7) is 0. The Morgan fingerprint density at radius 2 is 2.00 bits per heavy atom. The summed E-state index contributed by atoms with van der Waals surface area (Å²) < 4.78 is 13.3. The second-order valence-electron chi connectivity index (χ2n) is 5.67. The fourth-order valence-corrected chi connectivity index (χ4v) is 3.47. The highest BCUT2D eigenvalue weighted by atomic mass is 19.1. The second kappa shape index (κ2) is 4.82. The molecule has 2 fully saturated rings. The first-order valence-electron chi connectivity index (χ1n) is 6.85. The van der Waals surface area contributed by atoms with Crippen molar-refractivity contribution in [3.8, 4) is 6.07 Å². The molecule has 1 N–H and O–H groups in total. The molecule has 2 heterocycles. The molecule has 0 spiro atoms. The molecule has 0 radical (unpaired) electrons. The van der Waals surface area contributed by atoms with Crippen molar-refractivity contribution in [2.45, 2.75) is 43.8 Å². The molecule has 0 aliphatic carbocycles. The Labute approximate surface area is 113 Å². The third-order valence-electron chi connectivity index (χ3n) is 4.56. The lowest BCUT2D eigenvalue weighted by Crippen LogP contribution is -2.44. The van der Waals surface area contributed by atoms with Crippen LogP contribution in [0.25, 0.3) is 0 Å². The number of nitrogens with zero attached hydrogens (tertiary/aromatic N) is 2. The number of nitriles is 1. The molecule has 3 nitrogen and oxygen atoms in total. The zero-order valence-electron chi connectivity index (χ0n) is 11.1. The average Bonchev–Trinajstić information content (AvgIpc) is 2.64. The quantitative estimate of drug-likeness (QED) is 0.887. The molecule has 3 rings (SSSR count). The van der Waals surface area contributed by atoms with Crippen molar-refractivity contribution in [1.29, 1.82) is 5.26 Å². The molecule has 0 aromatic heterocycles. The van der Waals surface area contributed by atoms with Crippen molar-refractivity contribution in [2.75, 3.05) is 12.4 Å². The van der Waals surface area contributed by atoms with Crippen LogP contribution in [0.15, 0.2) is 18.2 Å². The first kappa shape index (κ1) is 12.4. The van der Waals surface area contributed by atoms with Gasteiger partial charge in [-0.25, -0.2) is 4.39 Å². The van der Waals surface area contributed by atoms with Gasteiger partial charge >= 0.3 is 0 Å². The number of hydrogen-bond donors (Lipinski definition) is 1. The van der Waals surface area contributed by atoms with E-state index in [0.717, 1.165) is 18.5 Å². The summed E-state index contributed by atoms with van der Waals surface area (Å²) in [5, 5.41) is 12.3. The molecule has 0 saturated carbocycles. The van der Waals surface area contributed by atoms with Gasteiger partial charge in [0.05, 0.1) is 5.56 Å². The van der Waals surface area contributed by atoms with Crippen LogP contribution in [0.2, 0.25) is 0 Å². The van der Waals surface area contributed by atoms with Crippen molar-refractivity contribution in [3.05, 3.63) is 29.6 Å². The number of hydrogen-bond acceptors (Lipinski definition) is 3. The lowest BCUT2D eigenvalue weighted by atomic mass is 9.97. The average molecular weight is 259 g/mol. The van der Waals surface area contributed by atoms with E-state index in [-0.39, 0.29) is 5.56 Å². The van der Waals surface area contributed by atoms with Crippen LogP contribution in [0, 0.1) is 17.1 Å². The Bertz CT molecular complexity index is 509. The molecule has 2 bridgehead atoms. The van der Waals surface area contributed by atoms with E-state index in [0.29, 0.717) is 18.1 Å². The van der Waals surface area contributed by atoms with Gasteiger partial charge in [0.25, 0.3) is 0 Å². The van der Waals surface area contributed by atoms with E-state index in [1.807, 2.05) is 6.07 Å². The van der Waals surface area contributed by atoms with Crippen molar-refractivity contribution in [1.82, 2.24) is 4.90 Å². The Balaban J connectivity index is 1.71. The second-order valence-corrected chi connectivity index (χ2v) is 5.67. The first-order valence-corrected chi connectivity index (χ1v) is 6.85. The van der Waals surface area contributed by atoms with Crippen molar-refractivity contribution in [2.24, 2.45) is 0 Å². The molecule has 2 atom stereocenters. The van der Waals surface area contributed by atoms with Gasteiger partial charge in [0, 0.05) is 23.8 Å². The number of fused-ring (bicyclic) bond motifs is 2. The van der Waals surface area contributed by atoms with Gasteiger partial charge in [-0.15, -0.1) is 0 Å². The van der Waals surface area contributed by atoms with Gasteiger partial charge in [-0.1, -0.05) is 0 Å². The molecule has 1 aromatic carbocycles. The smallest absolute Gasteiger partial charge is 0.141 e. The lowest BCUT2D eigenvalue weighted by Gasteiger charge is -2.37. The Morgan fingerprint density at radius 1 is 1.32 bits per heavy atom. The van der Waals surface area contributed by atoms with Gasteiger partial charge in [0.1, 0.15) is 11.9 Å². The fraction of sp³-hybridized carbons (Fsp3) is 0.533. The van der Waals surface area contributed by atoms with Crippen LogP contribution >= 0.6 is 0 Å². The molecular formula is C15H18FN3. The van der Waals surface area contributed by atoms with Crippen LogP contribution in [0.5, 0.6) is 0 Å². The molecule has 19 heavy (non-hydrogen) atoms. The van der Waals surface area contributed by atoms with E-state index in [4.69, 9.17) is 5.26 Å². The minimum Gasteiger partial charge on any atom is -0.382 e. The molecule has 2 aliphatic rings. The van der Waals surface area contributed by atoms with Crippen molar-refractivity contribution >= 4 is 5.69 Å². The van der Waals surface area contributed by atoms with Gasteiger partial charge in [0.15, 0.2) is 0 Å².